The van der Waals surface area contributed by atoms with E-state index in [-0.39, 0.29) is 11.5 Å². The molecule has 0 unspecified atom stereocenters. The highest BCUT2D eigenvalue weighted by Gasteiger charge is 2.23. The molecule has 0 aliphatic carbocycles. The molecule has 0 fully saturated rings. The lowest BCUT2D eigenvalue weighted by Gasteiger charge is -2.21. The summed E-state index contributed by atoms with van der Waals surface area (Å²) in [5, 5.41) is 20.9. The van der Waals surface area contributed by atoms with Gasteiger partial charge < -0.3 is 14.9 Å². The second-order valence-electron chi connectivity index (χ2n) is 5.91. The molecule has 0 heterocycles. The van der Waals surface area contributed by atoms with E-state index in [1.165, 1.54) is 5.56 Å². The van der Waals surface area contributed by atoms with Crippen LogP contribution >= 0.6 is 0 Å². The zero-order valence-electron chi connectivity index (χ0n) is 14.7. The van der Waals surface area contributed by atoms with Gasteiger partial charge in [0.2, 0.25) is 5.75 Å². The number of ether oxygens (including phenoxy) is 1. The highest BCUT2D eigenvalue weighted by Crippen LogP contribution is 2.45. The van der Waals surface area contributed by atoms with E-state index in [2.05, 4.69) is 27.7 Å². The molecule has 0 aliphatic rings. The van der Waals surface area contributed by atoms with Crippen molar-refractivity contribution in [2.75, 3.05) is 6.61 Å². The van der Waals surface area contributed by atoms with E-state index < -0.39 is 0 Å². The van der Waals surface area contributed by atoms with Crippen molar-refractivity contribution < 1.29 is 14.9 Å². The lowest BCUT2D eigenvalue weighted by Crippen LogP contribution is -2.07. The van der Waals surface area contributed by atoms with Gasteiger partial charge in [-0.2, -0.15) is 0 Å². The molecule has 0 spiro atoms. The topological polar surface area (TPSA) is 49.7 Å². The number of aromatic hydroxyl groups is 2. The number of unbranched alkanes of at least 4 members (excludes halogenated alkanes) is 1. The predicted octanol–water partition coefficient (Wildman–Crippen LogP) is 5.13. The molecule has 22 heavy (non-hydrogen) atoms. The van der Waals surface area contributed by atoms with Crippen molar-refractivity contribution in [3.63, 3.8) is 0 Å². The van der Waals surface area contributed by atoms with Gasteiger partial charge in [0.15, 0.2) is 11.5 Å². The maximum Gasteiger partial charge on any atom is 0.201 e. The summed E-state index contributed by atoms with van der Waals surface area (Å²) in [5.41, 5.74) is 3.19. The third kappa shape index (κ3) is 4.31. The zero-order valence-corrected chi connectivity index (χ0v) is 14.7. The molecule has 0 saturated heterocycles. The number of hydrogen-bond acceptors (Lipinski definition) is 3. The first-order valence-corrected chi connectivity index (χ1v) is 8.83. The Morgan fingerprint density at radius 1 is 0.682 bits per heavy atom. The zero-order chi connectivity index (χ0) is 16.5. The number of benzene rings is 1. The summed E-state index contributed by atoms with van der Waals surface area (Å²) in [6.45, 7) is 9.07. The van der Waals surface area contributed by atoms with Crippen molar-refractivity contribution in [2.24, 2.45) is 0 Å². The van der Waals surface area contributed by atoms with E-state index >= 15 is 0 Å². The van der Waals surface area contributed by atoms with E-state index in [0.717, 1.165) is 62.5 Å². The summed E-state index contributed by atoms with van der Waals surface area (Å²) in [4.78, 5) is 0. The van der Waals surface area contributed by atoms with Gasteiger partial charge in [-0.15, -0.1) is 0 Å². The van der Waals surface area contributed by atoms with E-state index in [1.54, 1.807) is 0 Å². The van der Waals surface area contributed by atoms with Gasteiger partial charge in [-0.05, 0) is 31.2 Å². The third-order valence-electron chi connectivity index (χ3n) is 3.97. The molecule has 1 aromatic rings. The van der Waals surface area contributed by atoms with Crippen molar-refractivity contribution >= 4 is 0 Å². The number of rotatable bonds is 10. The Balaban J connectivity index is 3.39. The van der Waals surface area contributed by atoms with Crippen LogP contribution in [0.4, 0.5) is 0 Å². The fraction of sp³-hybridized carbons (Fsp3) is 0.684. The Hall–Kier alpha value is -1.38. The monoisotopic (exact) mass is 308 g/mol. The molecule has 0 amide bonds. The van der Waals surface area contributed by atoms with E-state index in [0.29, 0.717) is 12.4 Å². The van der Waals surface area contributed by atoms with Crippen LogP contribution in [-0.4, -0.2) is 16.8 Å². The maximum atomic E-state index is 10.4. The second kappa shape index (κ2) is 9.60. The molecule has 1 aromatic carbocycles. The average molecular weight is 308 g/mol. The van der Waals surface area contributed by atoms with Crippen LogP contribution in [0.1, 0.15) is 76.5 Å². The minimum absolute atomic E-state index is 0.0247. The van der Waals surface area contributed by atoms with Gasteiger partial charge in [-0.3, -0.25) is 0 Å². The minimum atomic E-state index is -0.0668. The molecule has 0 aromatic heterocycles. The van der Waals surface area contributed by atoms with Crippen molar-refractivity contribution in [3.05, 3.63) is 16.7 Å². The van der Waals surface area contributed by atoms with Crippen molar-refractivity contribution in [1.82, 2.24) is 0 Å². The SMILES string of the molecule is CCCCOc1c(O)c(O)c(CCC)c(CCC)c1CCC. The number of phenols is 2. The van der Waals surface area contributed by atoms with Gasteiger partial charge >= 0.3 is 0 Å². The molecule has 3 nitrogen and oxygen atoms in total. The number of hydrogen-bond donors (Lipinski definition) is 2. The Labute approximate surface area is 135 Å². The Morgan fingerprint density at radius 2 is 1.23 bits per heavy atom. The van der Waals surface area contributed by atoms with Crippen LogP contribution in [0.5, 0.6) is 17.2 Å². The van der Waals surface area contributed by atoms with Crippen LogP contribution in [0.25, 0.3) is 0 Å². The van der Waals surface area contributed by atoms with Gasteiger partial charge in [-0.25, -0.2) is 0 Å². The van der Waals surface area contributed by atoms with Gasteiger partial charge in [-0.1, -0.05) is 53.4 Å². The van der Waals surface area contributed by atoms with E-state index in [9.17, 15) is 10.2 Å². The average Bonchev–Trinajstić information content (AvgIpc) is 2.51. The van der Waals surface area contributed by atoms with Gasteiger partial charge in [0.1, 0.15) is 0 Å². The highest BCUT2D eigenvalue weighted by molar-refractivity contribution is 5.62. The fourth-order valence-electron chi connectivity index (χ4n) is 2.92. The van der Waals surface area contributed by atoms with Gasteiger partial charge in [0, 0.05) is 11.1 Å². The van der Waals surface area contributed by atoms with Crippen LogP contribution in [0, 0.1) is 0 Å². The maximum absolute atomic E-state index is 10.4. The van der Waals surface area contributed by atoms with Gasteiger partial charge in [0.25, 0.3) is 0 Å². The molecule has 0 bridgehead atoms. The van der Waals surface area contributed by atoms with Gasteiger partial charge in [0.05, 0.1) is 6.61 Å². The normalized spacial score (nSPS) is 10.9. The van der Waals surface area contributed by atoms with Crippen LogP contribution in [0.2, 0.25) is 0 Å². The first-order valence-electron chi connectivity index (χ1n) is 8.83. The summed E-state index contributed by atoms with van der Waals surface area (Å²) in [6, 6.07) is 0. The Bertz CT molecular complexity index is 466. The third-order valence-corrected chi connectivity index (χ3v) is 3.97. The second-order valence-corrected chi connectivity index (χ2v) is 5.91. The van der Waals surface area contributed by atoms with Crippen LogP contribution < -0.4 is 4.74 Å². The quantitative estimate of drug-likeness (QED) is 0.465. The molecule has 3 heteroatoms. The largest absolute Gasteiger partial charge is 0.504 e. The van der Waals surface area contributed by atoms with Crippen molar-refractivity contribution in [1.29, 1.82) is 0 Å². The first kappa shape index (κ1) is 18.7. The predicted molar refractivity (Wildman–Crippen MR) is 92.2 cm³/mol. The molecule has 0 aliphatic heterocycles. The number of phenolic OH excluding ortho intramolecular Hbond substituents is 2. The standard InChI is InChI=1S/C19H32O3/c1-5-9-13-22-19-16(12-8-4)14(10-6-2)15(11-7-3)17(20)18(19)21/h20-21H,5-13H2,1-4H3. The molecular formula is C19H32O3. The first-order chi connectivity index (χ1) is 10.6. The molecule has 0 saturated carbocycles. The molecule has 126 valence electrons. The van der Waals surface area contributed by atoms with E-state index in [1.807, 2.05) is 0 Å². The fourth-order valence-corrected chi connectivity index (χ4v) is 2.92. The van der Waals surface area contributed by atoms with Crippen molar-refractivity contribution in [3.8, 4) is 17.2 Å². The molecular weight excluding hydrogens is 276 g/mol. The molecule has 2 N–H and O–H groups in total. The van der Waals surface area contributed by atoms with Crippen LogP contribution in [0.15, 0.2) is 0 Å². The summed E-state index contributed by atoms with van der Waals surface area (Å²) >= 11 is 0. The Kier molecular flexibility index (Phi) is 8.15. The smallest absolute Gasteiger partial charge is 0.201 e. The van der Waals surface area contributed by atoms with Crippen LogP contribution in [-0.2, 0) is 19.3 Å². The summed E-state index contributed by atoms with van der Waals surface area (Å²) in [7, 11) is 0. The lowest BCUT2D eigenvalue weighted by molar-refractivity contribution is 0.282. The molecule has 0 atom stereocenters. The van der Waals surface area contributed by atoms with Crippen LogP contribution in [0.3, 0.4) is 0 Å². The summed E-state index contributed by atoms with van der Waals surface area (Å²) in [6.07, 6.45) is 7.55. The lowest BCUT2D eigenvalue weighted by atomic mass is 9.90. The van der Waals surface area contributed by atoms with Crippen molar-refractivity contribution in [2.45, 2.75) is 79.1 Å². The molecule has 0 radical (unpaired) electrons. The van der Waals surface area contributed by atoms with E-state index in [4.69, 9.17) is 4.74 Å². The highest BCUT2D eigenvalue weighted by atomic mass is 16.5. The Morgan fingerprint density at radius 3 is 1.77 bits per heavy atom. The summed E-state index contributed by atoms with van der Waals surface area (Å²) < 4.78 is 5.85. The molecule has 1 rings (SSSR count). The summed E-state index contributed by atoms with van der Waals surface area (Å²) in [5.74, 6) is 0.468. The minimum Gasteiger partial charge on any atom is -0.504 e.